The molecule has 0 saturated heterocycles. The first-order chi connectivity index (χ1) is 8.52. The Hall–Kier alpha value is -0.940. The third-order valence-electron chi connectivity index (χ3n) is 2.91. The Bertz CT molecular complexity index is 630. The Morgan fingerprint density at radius 1 is 1.33 bits per heavy atom. The lowest BCUT2D eigenvalue weighted by Gasteiger charge is -2.10. The molecule has 0 atom stereocenters. The van der Waals surface area contributed by atoms with E-state index in [1.807, 2.05) is 13.8 Å². The van der Waals surface area contributed by atoms with Crippen LogP contribution >= 0.6 is 27.3 Å². The van der Waals surface area contributed by atoms with Gasteiger partial charge < -0.3 is 0 Å². The summed E-state index contributed by atoms with van der Waals surface area (Å²) in [5.41, 5.74) is 1.49. The van der Waals surface area contributed by atoms with E-state index in [1.165, 1.54) is 9.75 Å². The number of halogens is 1. The minimum Gasteiger partial charge on any atom is -0.290 e. The van der Waals surface area contributed by atoms with Gasteiger partial charge in [-0.05, 0) is 48.3 Å². The number of aromatic nitrogens is 2. The maximum atomic E-state index is 11.9. The van der Waals surface area contributed by atoms with E-state index in [4.69, 9.17) is 0 Å². The van der Waals surface area contributed by atoms with Crippen molar-refractivity contribution in [1.82, 2.24) is 9.55 Å². The van der Waals surface area contributed by atoms with Crippen LogP contribution in [0.1, 0.15) is 28.1 Å². The van der Waals surface area contributed by atoms with E-state index in [1.54, 1.807) is 15.9 Å². The molecule has 96 valence electrons. The number of nitrogens with zero attached hydrogens (tertiary/aromatic N) is 2. The molecule has 0 amide bonds. The lowest BCUT2D eigenvalue weighted by Crippen LogP contribution is -2.26. The monoisotopic (exact) mass is 326 g/mol. The predicted octanol–water partition coefficient (Wildman–Crippen LogP) is 3.29. The summed E-state index contributed by atoms with van der Waals surface area (Å²) in [7, 11) is 0. The summed E-state index contributed by atoms with van der Waals surface area (Å²) in [5, 5.41) is 0. The highest BCUT2D eigenvalue weighted by atomic mass is 79.9. The van der Waals surface area contributed by atoms with Crippen molar-refractivity contribution < 1.29 is 0 Å². The first-order valence-corrected chi connectivity index (χ1v) is 7.45. The van der Waals surface area contributed by atoms with Crippen LogP contribution in [0.25, 0.3) is 0 Å². The zero-order valence-corrected chi connectivity index (χ0v) is 13.1. The van der Waals surface area contributed by atoms with Gasteiger partial charge in [-0.1, -0.05) is 6.92 Å². The predicted molar refractivity (Wildman–Crippen MR) is 78.5 cm³/mol. The molecule has 0 aliphatic heterocycles. The van der Waals surface area contributed by atoms with Crippen molar-refractivity contribution in [3.05, 3.63) is 48.2 Å². The van der Waals surface area contributed by atoms with E-state index >= 15 is 0 Å². The lowest BCUT2D eigenvalue weighted by atomic mass is 10.3. The molecule has 0 radical (unpaired) electrons. The summed E-state index contributed by atoms with van der Waals surface area (Å²) >= 11 is 5.23. The Kier molecular flexibility index (Phi) is 4.02. The minimum atomic E-state index is -0.181. The van der Waals surface area contributed by atoms with Crippen LogP contribution in [-0.2, 0) is 13.0 Å². The zero-order chi connectivity index (χ0) is 13.3. The van der Waals surface area contributed by atoms with Gasteiger partial charge in [0, 0.05) is 15.4 Å². The van der Waals surface area contributed by atoms with Gasteiger partial charge >= 0.3 is 5.69 Å². The van der Waals surface area contributed by atoms with E-state index < -0.39 is 0 Å². The van der Waals surface area contributed by atoms with E-state index in [0.717, 1.165) is 22.3 Å². The summed E-state index contributed by atoms with van der Waals surface area (Å²) in [6, 6.07) is 4.21. The average Bonchev–Trinajstić information content (AvgIpc) is 2.80. The second-order valence-electron chi connectivity index (χ2n) is 4.19. The number of rotatable bonds is 3. The smallest absolute Gasteiger partial charge is 0.290 e. The van der Waals surface area contributed by atoms with Gasteiger partial charge in [0.05, 0.1) is 16.7 Å². The van der Waals surface area contributed by atoms with E-state index in [0.29, 0.717) is 6.54 Å². The van der Waals surface area contributed by atoms with Gasteiger partial charge in [0.15, 0.2) is 0 Å². The molecular weight excluding hydrogens is 312 g/mol. The maximum Gasteiger partial charge on any atom is 0.348 e. The molecule has 18 heavy (non-hydrogen) atoms. The van der Waals surface area contributed by atoms with Gasteiger partial charge in [-0.3, -0.25) is 4.57 Å². The lowest BCUT2D eigenvalue weighted by molar-refractivity contribution is 0.695. The second kappa shape index (κ2) is 5.36. The quantitative estimate of drug-likeness (QED) is 0.867. The molecule has 2 aromatic rings. The molecule has 2 aromatic heterocycles. The van der Waals surface area contributed by atoms with Crippen molar-refractivity contribution in [3.63, 3.8) is 0 Å². The molecule has 0 aromatic carbocycles. The van der Waals surface area contributed by atoms with E-state index in [9.17, 15) is 4.79 Å². The number of aryl methyl sites for hydroxylation is 2. The highest BCUT2D eigenvalue weighted by Crippen LogP contribution is 2.21. The van der Waals surface area contributed by atoms with Gasteiger partial charge in [0.2, 0.25) is 0 Å². The highest BCUT2D eigenvalue weighted by molar-refractivity contribution is 9.10. The minimum absolute atomic E-state index is 0.181. The Balaban J connectivity index is 2.40. The molecule has 2 rings (SSSR count). The molecular formula is C13H15BrN2OS. The highest BCUT2D eigenvalue weighted by Gasteiger charge is 2.10. The van der Waals surface area contributed by atoms with E-state index in [-0.39, 0.29) is 5.69 Å². The summed E-state index contributed by atoms with van der Waals surface area (Å²) in [4.78, 5) is 18.5. The SMILES string of the molecule is CCc1ccc(Cn2c(C)c(Br)c(C)nc2=O)s1. The fourth-order valence-corrected chi connectivity index (χ4v) is 3.07. The molecule has 5 heteroatoms. The van der Waals surface area contributed by atoms with Crippen LogP contribution in [0.2, 0.25) is 0 Å². The van der Waals surface area contributed by atoms with Crippen molar-refractivity contribution in [1.29, 1.82) is 0 Å². The number of thiophene rings is 1. The maximum absolute atomic E-state index is 11.9. The van der Waals surface area contributed by atoms with Crippen molar-refractivity contribution in [2.75, 3.05) is 0 Å². The van der Waals surface area contributed by atoms with Crippen LogP contribution < -0.4 is 5.69 Å². The van der Waals surface area contributed by atoms with Crippen molar-refractivity contribution in [3.8, 4) is 0 Å². The van der Waals surface area contributed by atoms with Crippen LogP contribution in [0.15, 0.2) is 21.4 Å². The van der Waals surface area contributed by atoms with Crippen LogP contribution in [0.3, 0.4) is 0 Å². The molecule has 0 aliphatic carbocycles. The van der Waals surface area contributed by atoms with Gasteiger partial charge in [-0.2, -0.15) is 4.98 Å². The molecule has 0 fully saturated rings. The molecule has 0 spiro atoms. The Labute approximate surface area is 119 Å². The molecule has 0 bridgehead atoms. The number of hydrogen-bond donors (Lipinski definition) is 0. The fourth-order valence-electron chi connectivity index (χ4n) is 1.82. The van der Waals surface area contributed by atoms with Crippen molar-refractivity contribution in [2.45, 2.75) is 33.7 Å². The Morgan fingerprint density at radius 2 is 2.00 bits per heavy atom. The summed E-state index contributed by atoms with van der Waals surface area (Å²) < 4.78 is 2.62. The molecule has 0 saturated carbocycles. The van der Waals surface area contributed by atoms with Crippen LogP contribution in [0.4, 0.5) is 0 Å². The third-order valence-corrected chi connectivity index (χ3v) is 5.28. The van der Waals surface area contributed by atoms with Crippen molar-refractivity contribution >= 4 is 27.3 Å². The van der Waals surface area contributed by atoms with Crippen LogP contribution in [0.5, 0.6) is 0 Å². The zero-order valence-electron chi connectivity index (χ0n) is 10.7. The standard InChI is InChI=1S/C13H15BrN2OS/c1-4-10-5-6-11(18-10)7-16-9(3)12(14)8(2)15-13(16)17/h5-6H,4,7H2,1-3H3. The van der Waals surface area contributed by atoms with E-state index in [2.05, 4.69) is 40.0 Å². The molecule has 3 nitrogen and oxygen atoms in total. The fraction of sp³-hybridized carbons (Fsp3) is 0.385. The Morgan fingerprint density at radius 3 is 2.61 bits per heavy atom. The summed E-state index contributed by atoms with van der Waals surface area (Å²) in [5.74, 6) is 0. The largest absolute Gasteiger partial charge is 0.348 e. The van der Waals surface area contributed by atoms with Gasteiger partial charge in [0.1, 0.15) is 0 Å². The summed E-state index contributed by atoms with van der Waals surface area (Å²) in [6.45, 7) is 6.51. The third kappa shape index (κ3) is 2.57. The van der Waals surface area contributed by atoms with Crippen LogP contribution in [0, 0.1) is 13.8 Å². The summed E-state index contributed by atoms with van der Waals surface area (Å²) in [6.07, 6.45) is 1.04. The first kappa shape index (κ1) is 13.5. The molecule has 2 heterocycles. The van der Waals surface area contributed by atoms with Gasteiger partial charge in [-0.15, -0.1) is 11.3 Å². The topological polar surface area (TPSA) is 34.9 Å². The van der Waals surface area contributed by atoms with Gasteiger partial charge in [0.25, 0.3) is 0 Å². The number of hydrogen-bond acceptors (Lipinski definition) is 3. The molecule has 0 unspecified atom stereocenters. The molecule has 0 aliphatic rings. The first-order valence-electron chi connectivity index (χ1n) is 5.84. The molecule has 0 N–H and O–H groups in total. The average molecular weight is 327 g/mol. The van der Waals surface area contributed by atoms with Crippen molar-refractivity contribution in [2.24, 2.45) is 0 Å². The second-order valence-corrected chi connectivity index (χ2v) is 6.23. The van der Waals surface area contributed by atoms with Crippen LogP contribution in [-0.4, -0.2) is 9.55 Å². The normalized spacial score (nSPS) is 10.9. The van der Waals surface area contributed by atoms with Gasteiger partial charge in [-0.25, -0.2) is 4.79 Å².